The second kappa shape index (κ2) is 5.52. The molecule has 1 atom stereocenters. The van der Waals surface area contributed by atoms with Crippen molar-refractivity contribution in [2.24, 2.45) is 0 Å². The molecule has 1 saturated heterocycles. The van der Waals surface area contributed by atoms with Gasteiger partial charge in [-0.1, -0.05) is 0 Å². The molecular formula is C13H17FIN3O. The van der Waals surface area contributed by atoms with Gasteiger partial charge in [-0.25, -0.2) is 4.39 Å². The second-order valence-corrected chi connectivity index (χ2v) is 6.07. The van der Waals surface area contributed by atoms with E-state index in [0.29, 0.717) is 14.9 Å². The molecule has 1 heterocycles. The lowest BCUT2D eigenvalue weighted by atomic mass is 10.1. The van der Waals surface area contributed by atoms with Crippen LogP contribution in [0.5, 0.6) is 0 Å². The van der Waals surface area contributed by atoms with E-state index in [4.69, 9.17) is 5.73 Å². The zero-order valence-corrected chi connectivity index (χ0v) is 13.1. The zero-order valence-electron chi connectivity index (χ0n) is 11.0. The lowest BCUT2D eigenvalue weighted by Gasteiger charge is -2.29. The molecule has 2 rings (SSSR count). The Balaban J connectivity index is 2.35. The molecule has 6 heteroatoms. The van der Waals surface area contributed by atoms with Gasteiger partial charge in [0.1, 0.15) is 11.9 Å². The molecule has 0 radical (unpaired) electrons. The van der Waals surface area contributed by atoms with Crippen LogP contribution in [0.3, 0.4) is 0 Å². The average Bonchev–Trinajstić information content (AvgIpc) is 2.81. The molecule has 1 aromatic carbocycles. The molecule has 4 nitrogen and oxygen atoms in total. The highest BCUT2D eigenvalue weighted by Gasteiger charge is 2.33. The van der Waals surface area contributed by atoms with Gasteiger partial charge in [0, 0.05) is 26.7 Å². The van der Waals surface area contributed by atoms with Gasteiger partial charge in [0.2, 0.25) is 5.91 Å². The molecular weight excluding hydrogens is 360 g/mol. The SMILES string of the molecule is CN(C)C(=O)C1CCCN1c1cc(F)c(I)cc1N. The van der Waals surface area contributed by atoms with Crippen LogP contribution in [0.2, 0.25) is 0 Å². The average molecular weight is 377 g/mol. The number of rotatable bonds is 2. The first-order valence-electron chi connectivity index (χ1n) is 6.14. The quantitative estimate of drug-likeness (QED) is 0.634. The molecule has 19 heavy (non-hydrogen) atoms. The normalized spacial score (nSPS) is 18.7. The van der Waals surface area contributed by atoms with Crippen molar-refractivity contribution in [2.45, 2.75) is 18.9 Å². The van der Waals surface area contributed by atoms with Gasteiger partial charge in [0.15, 0.2) is 0 Å². The van der Waals surface area contributed by atoms with Crippen molar-refractivity contribution in [1.29, 1.82) is 0 Å². The van der Waals surface area contributed by atoms with Crippen LogP contribution in [0.4, 0.5) is 15.8 Å². The molecule has 1 aliphatic heterocycles. The summed E-state index contributed by atoms with van der Waals surface area (Å²) in [6.07, 6.45) is 1.70. The number of benzene rings is 1. The maximum atomic E-state index is 13.7. The van der Waals surface area contributed by atoms with Crippen molar-refractivity contribution in [3.63, 3.8) is 0 Å². The van der Waals surface area contributed by atoms with Crippen molar-refractivity contribution in [2.75, 3.05) is 31.3 Å². The molecule has 1 amide bonds. The molecule has 1 aromatic rings. The number of nitrogens with zero attached hydrogens (tertiary/aromatic N) is 2. The minimum Gasteiger partial charge on any atom is -0.397 e. The van der Waals surface area contributed by atoms with E-state index in [0.717, 1.165) is 19.4 Å². The second-order valence-electron chi connectivity index (χ2n) is 4.91. The smallest absolute Gasteiger partial charge is 0.244 e. The first-order valence-corrected chi connectivity index (χ1v) is 7.22. The van der Waals surface area contributed by atoms with Gasteiger partial charge in [0.25, 0.3) is 0 Å². The van der Waals surface area contributed by atoms with Crippen LogP contribution < -0.4 is 10.6 Å². The fourth-order valence-electron chi connectivity index (χ4n) is 2.41. The summed E-state index contributed by atoms with van der Waals surface area (Å²) in [5.41, 5.74) is 7.11. The summed E-state index contributed by atoms with van der Waals surface area (Å²) in [5, 5.41) is 0. The molecule has 0 aliphatic carbocycles. The number of halogens is 2. The molecule has 0 spiro atoms. The Labute approximate surface area is 125 Å². The molecule has 1 aliphatic rings. The number of amides is 1. The van der Waals surface area contributed by atoms with Crippen molar-refractivity contribution in [1.82, 2.24) is 4.90 Å². The maximum Gasteiger partial charge on any atom is 0.244 e. The highest BCUT2D eigenvalue weighted by Crippen LogP contribution is 2.33. The van der Waals surface area contributed by atoms with Crippen molar-refractivity contribution < 1.29 is 9.18 Å². The Morgan fingerprint density at radius 1 is 1.53 bits per heavy atom. The van der Waals surface area contributed by atoms with Crippen LogP contribution in [0.15, 0.2) is 12.1 Å². The third-order valence-electron chi connectivity index (χ3n) is 3.36. The minimum absolute atomic E-state index is 0.0378. The summed E-state index contributed by atoms with van der Waals surface area (Å²) in [7, 11) is 3.47. The summed E-state index contributed by atoms with van der Waals surface area (Å²) in [6.45, 7) is 0.731. The topological polar surface area (TPSA) is 49.6 Å². The predicted molar refractivity (Wildman–Crippen MR) is 82.6 cm³/mol. The largest absolute Gasteiger partial charge is 0.397 e. The summed E-state index contributed by atoms with van der Waals surface area (Å²) in [6, 6.07) is 2.80. The number of likely N-dealkylation sites (N-methyl/N-ethyl adjacent to an activating group) is 1. The van der Waals surface area contributed by atoms with Gasteiger partial charge in [-0.2, -0.15) is 0 Å². The van der Waals surface area contributed by atoms with Crippen LogP contribution >= 0.6 is 22.6 Å². The predicted octanol–water partition coefficient (Wildman–Crippen LogP) is 2.07. The van der Waals surface area contributed by atoms with Crippen molar-refractivity contribution >= 4 is 39.9 Å². The third kappa shape index (κ3) is 2.77. The Hall–Kier alpha value is -1.05. The van der Waals surface area contributed by atoms with Crippen LogP contribution in [0.1, 0.15) is 12.8 Å². The number of nitrogens with two attached hydrogens (primary N) is 1. The van der Waals surface area contributed by atoms with Crippen LogP contribution in [-0.2, 0) is 4.79 Å². The van der Waals surface area contributed by atoms with Gasteiger partial charge in [-0.05, 0) is 41.5 Å². The fraction of sp³-hybridized carbons (Fsp3) is 0.462. The van der Waals surface area contributed by atoms with Crippen LogP contribution in [-0.4, -0.2) is 37.5 Å². The number of carbonyl (C=O) groups is 1. The van der Waals surface area contributed by atoms with Gasteiger partial charge in [-0.15, -0.1) is 0 Å². The van der Waals surface area contributed by atoms with E-state index in [1.807, 2.05) is 27.5 Å². The number of hydrogen-bond acceptors (Lipinski definition) is 3. The first-order chi connectivity index (χ1) is 8.91. The molecule has 1 unspecified atom stereocenters. The molecule has 0 bridgehead atoms. The van der Waals surface area contributed by atoms with Crippen LogP contribution in [0, 0.1) is 9.39 Å². The summed E-state index contributed by atoms with van der Waals surface area (Å²) >= 11 is 1.91. The van der Waals surface area contributed by atoms with E-state index in [1.165, 1.54) is 6.07 Å². The molecule has 0 saturated carbocycles. The first kappa shape index (κ1) is 14.4. The molecule has 1 fully saturated rings. The van der Waals surface area contributed by atoms with Gasteiger partial charge in [-0.3, -0.25) is 4.79 Å². The summed E-state index contributed by atoms with van der Waals surface area (Å²) in [5.74, 6) is -0.261. The summed E-state index contributed by atoms with van der Waals surface area (Å²) < 4.78 is 14.2. The van der Waals surface area contributed by atoms with Gasteiger partial charge < -0.3 is 15.5 Å². The standard InChI is InChI=1S/C13H17FIN3O/c1-17(2)13(19)11-4-3-5-18(11)12-6-8(14)9(15)7-10(12)16/h6-7,11H,3-5,16H2,1-2H3. The van der Waals surface area contributed by atoms with E-state index in [9.17, 15) is 9.18 Å². The number of nitrogen functional groups attached to an aromatic ring is 1. The monoisotopic (exact) mass is 377 g/mol. The lowest BCUT2D eigenvalue weighted by molar-refractivity contribution is -0.129. The number of carbonyl (C=O) groups excluding carboxylic acids is 1. The van der Waals surface area contributed by atoms with Crippen molar-refractivity contribution in [3.05, 3.63) is 21.5 Å². The van der Waals surface area contributed by atoms with E-state index >= 15 is 0 Å². The maximum absolute atomic E-state index is 13.7. The molecule has 0 aromatic heterocycles. The van der Waals surface area contributed by atoms with E-state index in [2.05, 4.69) is 0 Å². The zero-order chi connectivity index (χ0) is 14.2. The highest BCUT2D eigenvalue weighted by atomic mass is 127. The Morgan fingerprint density at radius 2 is 2.21 bits per heavy atom. The van der Waals surface area contributed by atoms with E-state index in [-0.39, 0.29) is 17.8 Å². The summed E-state index contributed by atoms with van der Waals surface area (Å²) in [4.78, 5) is 15.6. The van der Waals surface area contributed by atoms with E-state index < -0.39 is 0 Å². The highest BCUT2D eigenvalue weighted by molar-refractivity contribution is 14.1. The lowest BCUT2D eigenvalue weighted by Crippen LogP contribution is -2.43. The Kier molecular flexibility index (Phi) is 4.17. The number of hydrogen-bond donors (Lipinski definition) is 1. The van der Waals surface area contributed by atoms with Crippen molar-refractivity contribution in [3.8, 4) is 0 Å². The minimum atomic E-state index is -0.298. The third-order valence-corrected chi connectivity index (χ3v) is 4.18. The molecule has 104 valence electrons. The Bertz CT molecular complexity index is 507. The fourth-order valence-corrected chi connectivity index (χ4v) is 2.90. The van der Waals surface area contributed by atoms with Gasteiger partial charge in [0.05, 0.1) is 14.9 Å². The van der Waals surface area contributed by atoms with E-state index in [1.54, 1.807) is 25.1 Å². The van der Waals surface area contributed by atoms with Gasteiger partial charge >= 0.3 is 0 Å². The van der Waals surface area contributed by atoms with Crippen LogP contribution in [0.25, 0.3) is 0 Å². The number of anilines is 2. The molecule has 2 N–H and O–H groups in total. The Morgan fingerprint density at radius 3 is 2.84 bits per heavy atom.